The van der Waals surface area contributed by atoms with E-state index in [1.54, 1.807) is 0 Å². The number of ether oxygens (including phenoxy) is 1. The maximum absolute atomic E-state index is 5.52. The Morgan fingerprint density at radius 2 is 2.25 bits per heavy atom. The minimum absolute atomic E-state index is 0.529. The largest absolute Gasteiger partial charge is 0.478 e. The molecule has 112 valence electrons. The van der Waals surface area contributed by atoms with Crippen molar-refractivity contribution in [3.05, 3.63) is 18.2 Å². The van der Waals surface area contributed by atoms with Crippen LogP contribution in [-0.4, -0.2) is 36.8 Å². The normalized spacial score (nSPS) is 19.4. The van der Waals surface area contributed by atoms with E-state index in [0.29, 0.717) is 18.7 Å². The van der Waals surface area contributed by atoms with Crippen LogP contribution in [0.2, 0.25) is 0 Å². The standard InChI is InChI=1S/C16H27N3O/c1-4-20-16-10-7-9-15(18-16)19-11-6-5-8-14(19)12-17-13(2)3/h7,9-10,13-14,17H,4-6,8,11-12H2,1-3H3. The zero-order chi connectivity index (χ0) is 14.4. The molecule has 0 spiro atoms. The van der Waals surface area contributed by atoms with Gasteiger partial charge in [-0.25, -0.2) is 0 Å². The molecule has 1 unspecified atom stereocenters. The van der Waals surface area contributed by atoms with Gasteiger partial charge in [0.25, 0.3) is 0 Å². The van der Waals surface area contributed by atoms with Gasteiger partial charge in [0.05, 0.1) is 6.61 Å². The molecular formula is C16H27N3O. The summed E-state index contributed by atoms with van der Waals surface area (Å²) in [6.07, 6.45) is 3.80. The van der Waals surface area contributed by atoms with Gasteiger partial charge < -0.3 is 15.0 Å². The first kappa shape index (κ1) is 15.1. The third-order valence-electron chi connectivity index (χ3n) is 3.68. The van der Waals surface area contributed by atoms with Gasteiger partial charge in [-0.15, -0.1) is 0 Å². The van der Waals surface area contributed by atoms with Crippen molar-refractivity contribution < 1.29 is 4.74 Å². The zero-order valence-electron chi connectivity index (χ0n) is 12.9. The maximum Gasteiger partial charge on any atom is 0.215 e. The van der Waals surface area contributed by atoms with Gasteiger partial charge in [0.2, 0.25) is 5.88 Å². The number of anilines is 1. The zero-order valence-corrected chi connectivity index (χ0v) is 12.9. The van der Waals surface area contributed by atoms with Crippen molar-refractivity contribution in [2.45, 2.75) is 52.1 Å². The van der Waals surface area contributed by atoms with Crippen LogP contribution < -0.4 is 15.0 Å². The summed E-state index contributed by atoms with van der Waals surface area (Å²) in [5.74, 6) is 1.78. The van der Waals surface area contributed by atoms with Crippen molar-refractivity contribution in [1.82, 2.24) is 10.3 Å². The van der Waals surface area contributed by atoms with Gasteiger partial charge in [-0.1, -0.05) is 19.9 Å². The van der Waals surface area contributed by atoms with Crippen LogP contribution in [0.5, 0.6) is 5.88 Å². The molecule has 0 aliphatic carbocycles. The fourth-order valence-electron chi connectivity index (χ4n) is 2.68. The lowest BCUT2D eigenvalue weighted by atomic mass is 10.0. The number of aromatic nitrogens is 1. The van der Waals surface area contributed by atoms with E-state index in [4.69, 9.17) is 4.74 Å². The Kier molecular flexibility index (Phi) is 5.65. The molecule has 1 aromatic heterocycles. The average Bonchev–Trinajstić information content (AvgIpc) is 2.46. The van der Waals surface area contributed by atoms with E-state index in [9.17, 15) is 0 Å². The third kappa shape index (κ3) is 4.10. The van der Waals surface area contributed by atoms with Crippen molar-refractivity contribution in [2.24, 2.45) is 0 Å². The maximum atomic E-state index is 5.52. The number of pyridine rings is 1. The van der Waals surface area contributed by atoms with Crippen LogP contribution in [0.4, 0.5) is 5.82 Å². The van der Waals surface area contributed by atoms with Crippen LogP contribution in [0.25, 0.3) is 0 Å². The van der Waals surface area contributed by atoms with Gasteiger partial charge in [0, 0.05) is 31.2 Å². The molecule has 0 amide bonds. The molecule has 0 bridgehead atoms. The minimum Gasteiger partial charge on any atom is -0.478 e. The van der Waals surface area contributed by atoms with Crippen molar-refractivity contribution in [2.75, 3.05) is 24.6 Å². The first-order valence-electron chi connectivity index (χ1n) is 7.80. The fourth-order valence-corrected chi connectivity index (χ4v) is 2.68. The molecule has 1 atom stereocenters. The van der Waals surface area contributed by atoms with Gasteiger partial charge in [0.15, 0.2) is 0 Å². The molecule has 2 rings (SSSR count). The van der Waals surface area contributed by atoms with Crippen molar-refractivity contribution in [3.63, 3.8) is 0 Å². The highest BCUT2D eigenvalue weighted by atomic mass is 16.5. The topological polar surface area (TPSA) is 37.4 Å². The Hall–Kier alpha value is -1.29. The van der Waals surface area contributed by atoms with Crippen LogP contribution in [0.15, 0.2) is 18.2 Å². The van der Waals surface area contributed by atoms with Gasteiger partial charge >= 0.3 is 0 Å². The van der Waals surface area contributed by atoms with E-state index in [2.05, 4.69) is 35.1 Å². The molecule has 1 saturated heterocycles. The molecular weight excluding hydrogens is 250 g/mol. The van der Waals surface area contributed by atoms with E-state index < -0.39 is 0 Å². The highest BCUT2D eigenvalue weighted by molar-refractivity contribution is 5.42. The van der Waals surface area contributed by atoms with Crippen molar-refractivity contribution in [1.29, 1.82) is 0 Å². The molecule has 0 saturated carbocycles. The molecule has 4 nitrogen and oxygen atoms in total. The smallest absolute Gasteiger partial charge is 0.215 e. The third-order valence-corrected chi connectivity index (χ3v) is 3.68. The Morgan fingerprint density at radius 3 is 3.00 bits per heavy atom. The Morgan fingerprint density at radius 1 is 1.40 bits per heavy atom. The van der Waals surface area contributed by atoms with Crippen LogP contribution >= 0.6 is 0 Å². The second-order valence-corrected chi connectivity index (χ2v) is 5.67. The molecule has 4 heteroatoms. The van der Waals surface area contributed by atoms with E-state index in [-0.39, 0.29) is 0 Å². The molecule has 1 aromatic rings. The van der Waals surface area contributed by atoms with Crippen LogP contribution in [-0.2, 0) is 0 Å². The fraction of sp³-hybridized carbons (Fsp3) is 0.688. The van der Waals surface area contributed by atoms with Gasteiger partial charge in [-0.05, 0) is 32.3 Å². The Bertz CT molecular complexity index is 408. The monoisotopic (exact) mass is 277 g/mol. The predicted octanol–water partition coefficient (Wildman–Crippen LogP) is 2.84. The quantitative estimate of drug-likeness (QED) is 0.867. The van der Waals surface area contributed by atoms with E-state index in [1.807, 2.05) is 19.1 Å². The highest BCUT2D eigenvalue weighted by Gasteiger charge is 2.23. The molecule has 1 N–H and O–H groups in total. The molecule has 2 heterocycles. The second-order valence-electron chi connectivity index (χ2n) is 5.67. The number of hydrogen-bond acceptors (Lipinski definition) is 4. The average molecular weight is 277 g/mol. The second kappa shape index (κ2) is 7.48. The summed E-state index contributed by atoms with van der Waals surface area (Å²) < 4.78 is 5.52. The molecule has 0 radical (unpaired) electrons. The van der Waals surface area contributed by atoms with Crippen LogP contribution in [0.1, 0.15) is 40.0 Å². The number of rotatable bonds is 6. The lowest BCUT2D eigenvalue weighted by Gasteiger charge is -2.37. The van der Waals surface area contributed by atoms with E-state index >= 15 is 0 Å². The highest BCUT2D eigenvalue weighted by Crippen LogP contribution is 2.24. The Balaban J connectivity index is 2.08. The number of hydrogen-bond donors (Lipinski definition) is 1. The van der Waals surface area contributed by atoms with E-state index in [1.165, 1.54) is 19.3 Å². The molecule has 20 heavy (non-hydrogen) atoms. The number of piperidine rings is 1. The molecule has 1 fully saturated rings. The van der Waals surface area contributed by atoms with Crippen molar-refractivity contribution >= 4 is 5.82 Å². The first-order valence-corrected chi connectivity index (χ1v) is 7.80. The molecule has 1 aliphatic rings. The van der Waals surface area contributed by atoms with Gasteiger partial charge in [-0.3, -0.25) is 0 Å². The summed E-state index contributed by atoms with van der Waals surface area (Å²) >= 11 is 0. The van der Waals surface area contributed by atoms with Gasteiger partial charge in [0.1, 0.15) is 5.82 Å². The van der Waals surface area contributed by atoms with Crippen molar-refractivity contribution in [3.8, 4) is 5.88 Å². The molecule has 1 aliphatic heterocycles. The summed E-state index contributed by atoms with van der Waals surface area (Å²) in [6.45, 7) is 9.16. The van der Waals surface area contributed by atoms with Gasteiger partial charge in [-0.2, -0.15) is 4.98 Å². The summed E-state index contributed by atoms with van der Waals surface area (Å²) in [6, 6.07) is 7.13. The minimum atomic E-state index is 0.529. The number of nitrogens with zero attached hydrogens (tertiary/aromatic N) is 2. The SMILES string of the molecule is CCOc1cccc(N2CCCCC2CNC(C)C)n1. The van der Waals surface area contributed by atoms with E-state index in [0.717, 1.165) is 24.8 Å². The first-order chi connectivity index (χ1) is 9.70. The summed E-state index contributed by atoms with van der Waals surface area (Å²) in [7, 11) is 0. The Labute approximate surface area is 122 Å². The number of nitrogens with one attached hydrogen (secondary N) is 1. The molecule has 0 aromatic carbocycles. The summed E-state index contributed by atoms with van der Waals surface area (Å²) in [4.78, 5) is 7.07. The summed E-state index contributed by atoms with van der Waals surface area (Å²) in [5, 5.41) is 3.55. The lowest BCUT2D eigenvalue weighted by Crippen LogP contribution is -2.47. The predicted molar refractivity (Wildman–Crippen MR) is 83.5 cm³/mol. The van der Waals surface area contributed by atoms with Crippen LogP contribution in [0, 0.1) is 0 Å². The lowest BCUT2D eigenvalue weighted by molar-refractivity contribution is 0.326. The van der Waals surface area contributed by atoms with Crippen LogP contribution in [0.3, 0.4) is 0 Å². The summed E-state index contributed by atoms with van der Waals surface area (Å²) in [5.41, 5.74) is 0.